The van der Waals surface area contributed by atoms with Gasteiger partial charge in [-0.1, -0.05) is 10.3 Å². The first-order valence-electron chi connectivity index (χ1n) is 7.03. The molecule has 2 aromatic heterocycles. The average molecular weight is 397 g/mol. The molecule has 0 spiro atoms. The number of nitrogens with zero attached hydrogens (tertiary/aromatic N) is 4. The van der Waals surface area contributed by atoms with Gasteiger partial charge in [0.1, 0.15) is 0 Å². The largest absolute Gasteiger partial charge is 1.00 e. The lowest BCUT2D eigenvalue weighted by molar-refractivity contribution is -0.687. The fraction of sp³-hybridized carbons (Fsp3) is 0.125. The third-order valence-electron chi connectivity index (χ3n) is 3.24. The first kappa shape index (κ1) is 23.0. The maximum Gasteiger partial charge on any atom is 0.209 e. The van der Waals surface area contributed by atoms with Gasteiger partial charge in [0.05, 0.1) is 0 Å². The highest BCUT2D eigenvalue weighted by molar-refractivity contribution is 5.97. The molecule has 0 aliphatic heterocycles. The van der Waals surface area contributed by atoms with E-state index in [-0.39, 0.29) is 36.5 Å². The average Bonchev–Trinajstić information content (AvgIpc) is 2.65. The molecule has 10 heteroatoms. The SMILES string of the molecule is N/C(=N\O)c1cc[n+](CC#CC[n+]2ccc(/C(N)=N/O)cc2)cc1.[Cl-].[Cl-]. The van der Waals surface area contributed by atoms with Crippen molar-refractivity contribution < 1.29 is 44.4 Å². The lowest BCUT2D eigenvalue weighted by Crippen LogP contribution is -3.00. The first-order chi connectivity index (χ1) is 11.6. The Labute approximate surface area is 163 Å². The zero-order valence-electron chi connectivity index (χ0n) is 13.6. The van der Waals surface area contributed by atoms with Crippen molar-refractivity contribution in [3.05, 3.63) is 60.2 Å². The molecule has 0 fully saturated rings. The number of nitrogens with two attached hydrogens (primary N) is 2. The number of halogens is 2. The van der Waals surface area contributed by atoms with Gasteiger partial charge in [0.2, 0.25) is 13.1 Å². The Morgan fingerprint density at radius 3 is 1.35 bits per heavy atom. The summed E-state index contributed by atoms with van der Waals surface area (Å²) < 4.78 is 3.76. The van der Waals surface area contributed by atoms with Crippen LogP contribution < -0.4 is 45.4 Å². The van der Waals surface area contributed by atoms with Crippen molar-refractivity contribution in [2.75, 3.05) is 0 Å². The summed E-state index contributed by atoms with van der Waals surface area (Å²) in [4.78, 5) is 0. The minimum absolute atomic E-state index is 0. The molecule has 2 rings (SSSR count). The van der Waals surface area contributed by atoms with Crippen molar-refractivity contribution in [2.45, 2.75) is 13.1 Å². The van der Waals surface area contributed by atoms with E-state index in [0.717, 1.165) is 0 Å². The minimum Gasteiger partial charge on any atom is -1.00 e. The molecule has 8 nitrogen and oxygen atoms in total. The zero-order valence-corrected chi connectivity index (χ0v) is 15.1. The maximum absolute atomic E-state index is 8.61. The Kier molecular flexibility index (Phi) is 10.2. The minimum atomic E-state index is 0. The molecule has 0 radical (unpaired) electrons. The second kappa shape index (κ2) is 11.5. The molecule has 0 aromatic carbocycles. The molecule has 0 saturated carbocycles. The molecule has 6 N–H and O–H groups in total. The second-order valence-electron chi connectivity index (χ2n) is 4.84. The van der Waals surface area contributed by atoms with Gasteiger partial charge in [0, 0.05) is 35.4 Å². The number of hydrogen-bond donors (Lipinski definition) is 4. The zero-order chi connectivity index (χ0) is 17.4. The first-order valence-corrected chi connectivity index (χ1v) is 7.03. The van der Waals surface area contributed by atoms with E-state index < -0.39 is 0 Å². The molecule has 2 aromatic rings. The summed E-state index contributed by atoms with van der Waals surface area (Å²) in [7, 11) is 0. The highest BCUT2D eigenvalue weighted by Crippen LogP contribution is 1.94. The molecular weight excluding hydrogens is 379 g/mol. The highest BCUT2D eigenvalue weighted by Gasteiger charge is 2.04. The van der Waals surface area contributed by atoms with Gasteiger partial charge in [0.25, 0.3) is 0 Å². The van der Waals surface area contributed by atoms with Crippen molar-refractivity contribution >= 4 is 11.7 Å². The summed E-state index contributed by atoms with van der Waals surface area (Å²) in [5.41, 5.74) is 12.3. The van der Waals surface area contributed by atoms with Gasteiger partial charge < -0.3 is 46.7 Å². The van der Waals surface area contributed by atoms with Crippen molar-refractivity contribution in [2.24, 2.45) is 21.8 Å². The predicted molar refractivity (Wildman–Crippen MR) is 86.1 cm³/mol. The molecule has 0 aliphatic rings. The van der Waals surface area contributed by atoms with Gasteiger partial charge in [-0.05, 0) is 11.8 Å². The number of amidine groups is 2. The van der Waals surface area contributed by atoms with Crippen LogP contribution >= 0.6 is 0 Å². The number of aromatic nitrogens is 2. The van der Waals surface area contributed by atoms with E-state index in [1.54, 1.807) is 49.1 Å². The van der Waals surface area contributed by atoms with Gasteiger partial charge >= 0.3 is 0 Å². The Morgan fingerprint density at radius 1 is 0.769 bits per heavy atom. The van der Waals surface area contributed by atoms with Crippen LogP contribution in [0, 0.1) is 11.8 Å². The Bertz CT molecular complexity index is 744. The summed E-state index contributed by atoms with van der Waals surface area (Å²) >= 11 is 0. The van der Waals surface area contributed by atoms with Crippen molar-refractivity contribution in [1.82, 2.24) is 0 Å². The molecule has 0 unspecified atom stereocenters. The fourth-order valence-corrected chi connectivity index (χ4v) is 1.88. The van der Waals surface area contributed by atoms with Gasteiger partial charge in [-0.15, -0.1) is 0 Å². The molecule has 0 amide bonds. The van der Waals surface area contributed by atoms with Crippen LogP contribution in [0.1, 0.15) is 11.1 Å². The molecule has 0 saturated heterocycles. The Balaban J connectivity index is 0.00000312. The van der Waals surface area contributed by atoms with Gasteiger partial charge in [-0.3, -0.25) is 0 Å². The molecule has 2 heterocycles. The molecule has 0 bridgehead atoms. The summed E-state index contributed by atoms with van der Waals surface area (Å²) in [6, 6.07) is 6.99. The van der Waals surface area contributed by atoms with Crippen LogP contribution in [-0.4, -0.2) is 22.1 Å². The van der Waals surface area contributed by atoms with E-state index in [1.165, 1.54) is 0 Å². The number of rotatable bonds is 4. The third kappa shape index (κ3) is 6.47. The van der Waals surface area contributed by atoms with Crippen LogP contribution in [-0.2, 0) is 13.1 Å². The molecule has 26 heavy (non-hydrogen) atoms. The Hall–Kier alpha value is -3.02. The van der Waals surface area contributed by atoms with Crippen molar-refractivity contribution in [3.63, 3.8) is 0 Å². The smallest absolute Gasteiger partial charge is 0.209 e. The van der Waals surface area contributed by atoms with Crippen LogP contribution in [0.25, 0.3) is 0 Å². The maximum atomic E-state index is 8.61. The van der Waals surface area contributed by atoms with Crippen LogP contribution in [0.5, 0.6) is 0 Å². The van der Waals surface area contributed by atoms with Gasteiger partial charge in [-0.2, -0.15) is 9.13 Å². The van der Waals surface area contributed by atoms with Crippen molar-refractivity contribution in [1.29, 1.82) is 0 Å². The van der Waals surface area contributed by atoms with E-state index in [0.29, 0.717) is 24.2 Å². The van der Waals surface area contributed by atoms with E-state index in [9.17, 15) is 0 Å². The highest BCUT2D eigenvalue weighted by atomic mass is 35.5. The standard InChI is InChI=1S/C16H16N6O2.2ClH/c17-15(19-23)13-3-9-21(10-4-13)7-1-2-8-22-11-5-14(6-12-22)16(18)20-24;;/h3-6,9-12H,7-8,17-18H2;2*1H. The number of pyridine rings is 2. The quantitative estimate of drug-likeness (QED) is 0.102. The molecule has 138 valence electrons. The van der Waals surface area contributed by atoms with Crippen LogP contribution in [0.2, 0.25) is 0 Å². The third-order valence-corrected chi connectivity index (χ3v) is 3.24. The summed E-state index contributed by atoms with van der Waals surface area (Å²) in [6.45, 7) is 1.05. The van der Waals surface area contributed by atoms with Crippen molar-refractivity contribution in [3.8, 4) is 11.8 Å². The van der Waals surface area contributed by atoms with E-state index in [1.807, 2.05) is 9.13 Å². The number of oxime groups is 2. The lowest BCUT2D eigenvalue weighted by atomic mass is 10.2. The van der Waals surface area contributed by atoms with Gasteiger partial charge in [-0.25, -0.2) is 0 Å². The van der Waals surface area contributed by atoms with Crippen LogP contribution in [0.4, 0.5) is 0 Å². The fourth-order valence-electron chi connectivity index (χ4n) is 1.88. The lowest BCUT2D eigenvalue weighted by Gasteiger charge is -1.96. The van der Waals surface area contributed by atoms with E-state index >= 15 is 0 Å². The summed E-state index contributed by atoms with van der Waals surface area (Å²) in [5.74, 6) is 6.25. The monoisotopic (exact) mass is 396 g/mol. The summed E-state index contributed by atoms with van der Waals surface area (Å²) in [5, 5.41) is 23.1. The normalized spacial score (nSPS) is 10.8. The Morgan fingerprint density at radius 2 is 1.08 bits per heavy atom. The van der Waals surface area contributed by atoms with Crippen LogP contribution in [0.3, 0.4) is 0 Å². The molecule has 0 atom stereocenters. The summed E-state index contributed by atoms with van der Waals surface area (Å²) in [6.07, 6.45) is 7.23. The second-order valence-corrected chi connectivity index (χ2v) is 4.84. The van der Waals surface area contributed by atoms with Crippen LogP contribution in [0.15, 0.2) is 59.4 Å². The van der Waals surface area contributed by atoms with E-state index in [2.05, 4.69) is 22.2 Å². The van der Waals surface area contributed by atoms with E-state index in [4.69, 9.17) is 21.9 Å². The predicted octanol–water partition coefficient (Wildman–Crippen LogP) is -6.84. The van der Waals surface area contributed by atoms with Gasteiger partial charge in [0.15, 0.2) is 36.5 Å². The molecular formula is C16H18Cl2N6O2. The number of hydrogen-bond acceptors (Lipinski definition) is 4. The topological polar surface area (TPSA) is 125 Å². The molecule has 0 aliphatic carbocycles.